The lowest BCUT2D eigenvalue weighted by Gasteiger charge is -2.16. The first-order chi connectivity index (χ1) is 8.82. The van der Waals surface area contributed by atoms with Gasteiger partial charge in [-0.05, 0) is 12.3 Å². The second-order valence-electron chi connectivity index (χ2n) is 4.73. The van der Waals surface area contributed by atoms with Crippen LogP contribution in [0.25, 0.3) is 0 Å². The summed E-state index contributed by atoms with van der Waals surface area (Å²) in [6.07, 6.45) is 0.467. The van der Waals surface area contributed by atoms with Crippen LogP contribution in [0.2, 0.25) is 0 Å². The highest BCUT2D eigenvalue weighted by molar-refractivity contribution is 5.80. The van der Waals surface area contributed by atoms with Crippen molar-refractivity contribution in [2.75, 3.05) is 19.6 Å². The molecule has 0 radical (unpaired) electrons. The Hall–Kier alpha value is -1.63. The molecule has 4 N–H and O–H groups in total. The van der Waals surface area contributed by atoms with Crippen LogP contribution in [0.3, 0.4) is 0 Å². The molecule has 0 aliphatic rings. The van der Waals surface area contributed by atoms with Gasteiger partial charge in [0.1, 0.15) is 6.04 Å². The molecule has 0 aromatic rings. The minimum Gasteiger partial charge on any atom is -0.480 e. The molecule has 0 fully saturated rings. The van der Waals surface area contributed by atoms with Crippen molar-refractivity contribution in [3.8, 4) is 0 Å². The largest absolute Gasteiger partial charge is 0.480 e. The van der Waals surface area contributed by atoms with Gasteiger partial charge in [0.15, 0.2) is 0 Å². The first-order valence-electron chi connectivity index (χ1n) is 6.30. The number of carboxylic acid groups (broad SMARTS) is 1. The van der Waals surface area contributed by atoms with Crippen LogP contribution in [0.15, 0.2) is 0 Å². The van der Waals surface area contributed by atoms with E-state index in [0.29, 0.717) is 19.5 Å². The fourth-order valence-electron chi connectivity index (χ4n) is 1.46. The van der Waals surface area contributed by atoms with Gasteiger partial charge in [0.05, 0.1) is 6.54 Å². The predicted molar refractivity (Wildman–Crippen MR) is 70.6 cm³/mol. The van der Waals surface area contributed by atoms with E-state index in [1.165, 1.54) is 6.92 Å². The molecule has 0 heterocycles. The zero-order valence-electron chi connectivity index (χ0n) is 11.7. The lowest BCUT2D eigenvalue weighted by molar-refractivity contribution is -0.140. The quantitative estimate of drug-likeness (QED) is 0.417. The number of hydrogen-bond donors (Lipinski definition) is 4. The Kier molecular flexibility index (Phi) is 8.52. The lowest BCUT2D eigenvalue weighted by atomic mass is 10.0. The molecule has 19 heavy (non-hydrogen) atoms. The van der Waals surface area contributed by atoms with Gasteiger partial charge in [-0.1, -0.05) is 13.8 Å². The molecule has 0 aliphatic carbocycles. The molecule has 0 aromatic heterocycles. The van der Waals surface area contributed by atoms with E-state index in [4.69, 9.17) is 5.11 Å². The van der Waals surface area contributed by atoms with Gasteiger partial charge in [-0.2, -0.15) is 0 Å². The maximum atomic E-state index is 11.4. The summed E-state index contributed by atoms with van der Waals surface area (Å²) in [4.78, 5) is 32.9. The van der Waals surface area contributed by atoms with Crippen LogP contribution >= 0.6 is 0 Å². The first-order valence-corrected chi connectivity index (χ1v) is 6.30. The average molecular weight is 273 g/mol. The summed E-state index contributed by atoms with van der Waals surface area (Å²) in [7, 11) is 0. The minimum atomic E-state index is -0.959. The van der Waals surface area contributed by atoms with Crippen LogP contribution in [0, 0.1) is 5.92 Å². The fraction of sp³-hybridized carbons (Fsp3) is 0.750. The number of hydrogen-bond acceptors (Lipinski definition) is 4. The average Bonchev–Trinajstić information content (AvgIpc) is 2.29. The number of rotatable bonds is 9. The van der Waals surface area contributed by atoms with E-state index >= 15 is 0 Å². The SMILES string of the molecule is CC(=O)NCCNC(=O)CNC(CC(C)C)C(=O)O. The predicted octanol–water partition coefficient (Wildman–Crippen LogP) is -0.672. The molecule has 0 bridgehead atoms. The third kappa shape index (κ3) is 10.0. The molecule has 1 atom stereocenters. The van der Waals surface area contributed by atoms with Gasteiger partial charge in [0.2, 0.25) is 11.8 Å². The molecule has 0 aliphatic heterocycles. The highest BCUT2D eigenvalue weighted by Gasteiger charge is 2.18. The highest BCUT2D eigenvalue weighted by Crippen LogP contribution is 2.04. The smallest absolute Gasteiger partial charge is 0.320 e. The number of carboxylic acids is 1. The molecule has 7 nitrogen and oxygen atoms in total. The van der Waals surface area contributed by atoms with Crippen LogP contribution in [0.4, 0.5) is 0 Å². The van der Waals surface area contributed by atoms with Crippen LogP contribution < -0.4 is 16.0 Å². The highest BCUT2D eigenvalue weighted by atomic mass is 16.4. The van der Waals surface area contributed by atoms with Crippen molar-refractivity contribution < 1.29 is 19.5 Å². The van der Waals surface area contributed by atoms with Crippen molar-refractivity contribution in [2.24, 2.45) is 5.92 Å². The summed E-state index contributed by atoms with van der Waals surface area (Å²) >= 11 is 0. The third-order valence-corrected chi connectivity index (χ3v) is 2.34. The molecular weight excluding hydrogens is 250 g/mol. The van der Waals surface area contributed by atoms with E-state index in [2.05, 4.69) is 16.0 Å². The molecule has 0 spiro atoms. The van der Waals surface area contributed by atoms with E-state index < -0.39 is 12.0 Å². The zero-order chi connectivity index (χ0) is 14.8. The maximum absolute atomic E-state index is 11.4. The van der Waals surface area contributed by atoms with Crippen molar-refractivity contribution in [2.45, 2.75) is 33.2 Å². The van der Waals surface area contributed by atoms with E-state index in [0.717, 1.165) is 0 Å². The van der Waals surface area contributed by atoms with Crippen molar-refractivity contribution >= 4 is 17.8 Å². The molecule has 1 unspecified atom stereocenters. The van der Waals surface area contributed by atoms with Crippen molar-refractivity contribution in [1.29, 1.82) is 0 Å². The first kappa shape index (κ1) is 17.4. The van der Waals surface area contributed by atoms with Gasteiger partial charge in [0.25, 0.3) is 0 Å². The van der Waals surface area contributed by atoms with E-state index in [9.17, 15) is 14.4 Å². The number of carbonyl (C=O) groups excluding carboxylic acids is 2. The number of amides is 2. The van der Waals surface area contributed by atoms with Gasteiger partial charge in [-0.15, -0.1) is 0 Å². The van der Waals surface area contributed by atoms with Crippen LogP contribution in [0.5, 0.6) is 0 Å². The Morgan fingerprint density at radius 1 is 1.11 bits per heavy atom. The monoisotopic (exact) mass is 273 g/mol. The summed E-state index contributed by atoms with van der Waals surface area (Å²) < 4.78 is 0. The summed E-state index contributed by atoms with van der Waals surface area (Å²) in [5.74, 6) is -1.17. The molecule has 0 saturated carbocycles. The third-order valence-electron chi connectivity index (χ3n) is 2.34. The number of carbonyl (C=O) groups is 3. The second kappa shape index (κ2) is 9.32. The van der Waals surface area contributed by atoms with E-state index in [1.54, 1.807) is 0 Å². The standard InChI is InChI=1S/C12H23N3O4/c1-8(2)6-10(12(18)19)15-7-11(17)14-5-4-13-9(3)16/h8,10,15H,4-7H2,1-3H3,(H,13,16)(H,14,17)(H,18,19). The van der Waals surface area contributed by atoms with Crippen molar-refractivity contribution in [3.63, 3.8) is 0 Å². The molecule has 0 saturated heterocycles. The second-order valence-corrected chi connectivity index (χ2v) is 4.73. The van der Waals surface area contributed by atoms with E-state index in [1.807, 2.05) is 13.8 Å². The minimum absolute atomic E-state index is 0.0518. The van der Waals surface area contributed by atoms with E-state index in [-0.39, 0.29) is 24.3 Å². The molecule has 0 rings (SSSR count). The van der Waals surface area contributed by atoms with Gasteiger partial charge in [-0.3, -0.25) is 19.7 Å². The summed E-state index contributed by atoms with van der Waals surface area (Å²) in [6.45, 7) is 5.87. The van der Waals surface area contributed by atoms with Crippen molar-refractivity contribution in [3.05, 3.63) is 0 Å². The number of aliphatic carboxylic acids is 1. The Balaban J connectivity index is 3.85. The van der Waals surface area contributed by atoms with Crippen molar-refractivity contribution in [1.82, 2.24) is 16.0 Å². The Labute approximate surface area is 113 Å². The Morgan fingerprint density at radius 3 is 2.16 bits per heavy atom. The maximum Gasteiger partial charge on any atom is 0.320 e. The molecule has 110 valence electrons. The van der Waals surface area contributed by atoms with Gasteiger partial charge in [0, 0.05) is 20.0 Å². The normalized spacial score (nSPS) is 12.0. The lowest BCUT2D eigenvalue weighted by Crippen LogP contribution is -2.44. The summed E-state index contributed by atoms with van der Waals surface area (Å²) in [5, 5.41) is 16.8. The zero-order valence-corrected chi connectivity index (χ0v) is 11.7. The Bertz CT molecular complexity index is 318. The summed E-state index contributed by atoms with van der Waals surface area (Å²) in [6, 6.07) is -0.721. The van der Waals surface area contributed by atoms with Crippen LogP contribution in [0.1, 0.15) is 27.2 Å². The molecular formula is C12H23N3O4. The molecule has 7 heteroatoms. The number of nitrogens with one attached hydrogen (secondary N) is 3. The van der Waals surface area contributed by atoms with Gasteiger partial charge in [-0.25, -0.2) is 0 Å². The fourth-order valence-corrected chi connectivity index (χ4v) is 1.46. The molecule has 2 amide bonds. The summed E-state index contributed by atoms with van der Waals surface area (Å²) in [5.41, 5.74) is 0. The molecule has 0 aromatic carbocycles. The Morgan fingerprint density at radius 2 is 1.68 bits per heavy atom. The topological polar surface area (TPSA) is 108 Å². The van der Waals surface area contributed by atoms with Gasteiger partial charge < -0.3 is 15.7 Å². The van der Waals surface area contributed by atoms with Gasteiger partial charge >= 0.3 is 5.97 Å². The van der Waals surface area contributed by atoms with Crippen LogP contribution in [-0.2, 0) is 14.4 Å². The van der Waals surface area contributed by atoms with Crippen LogP contribution in [-0.4, -0.2) is 48.6 Å².